The number of nitrogens with one attached hydrogen (secondary N) is 1. The Morgan fingerprint density at radius 2 is 2.21 bits per heavy atom. The quantitative estimate of drug-likeness (QED) is 0.191. The predicted octanol–water partition coefficient (Wildman–Crippen LogP) is 2.17. The lowest BCUT2D eigenvalue weighted by Gasteiger charge is -2.18. The lowest BCUT2D eigenvalue weighted by Crippen LogP contribution is -2.27. The summed E-state index contributed by atoms with van der Waals surface area (Å²) in [6.07, 6.45) is 4.73. The van der Waals surface area contributed by atoms with Gasteiger partial charge in [-0.15, -0.1) is 6.58 Å². The number of hydroxylamine groups is 1. The fourth-order valence-corrected chi connectivity index (χ4v) is 1.63. The molecule has 104 valence electrons. The van der Waals surface area contributed by atoms with Gasteiger partial charge in [0.15, 0.2) is 5.78 Å². The molecule has 0 atom stereocenters. The van der Waals surface area contributed by atoms with Gasteiger partial charge in [0.25, 0.3) is 0 Å². The van der Waals surface area contributed by atoms with Crippen molar-refractivity contribution in [3.8, 4) is 0 Å². The van der Waals surface area contributed by atoms with Crippen LogP contribution in [-0.2, 0) is 19.2 Å². The molecule has 5 nitrogen and oxygen atoms in total. The number of ether oxygens (including phenoxy) is 1. The third-order valence-electron chi connectivity index (χ3n) is 2.51. The standard InChI is InChI=1S/C14H19NO4/c1-4-7-11(15-18-8-5-2)13-12(16)9-10(6-3)19-14(13)17/h5,9,15H,2,4,6-8H2,1,3H3. The van der Waals surface area contributed by atoms with Gasteiger partial charge >= 0.3 is 5.97 Å². The van der Waals surface area contributed by atoms with E-state index in [1.807, 2.05) is 13.8 Å². The molecule has 0 aromatic rings. The molecule has 0 aliphatic carbocycles. The van der Waals surface area contributed by atoms with Crippen LogP contribution in [0.4, 0.5) is 0 Å². The van der Waals surface area contributed by atoms with Crippen molar-refractivity contribution in [2.24, 2.45) is 0 Å². The number of carbonyl (C=O) groups is 2. The summed E-state index contributed by atoms with van der Waals surface area (Å²) < 4.78 is 5.08. The predicted molar refractivity (Wildman–Crippen MR) is 70.7 cm³/mol. The van der Waals surface area contributed by atoms with Crippen molar-refractivity contribution in [1.82, 2.24) is 5.48 Å². The number of carbonyl (C=O) groups excluding carboxylic acids is 2. The first kappa shape index (κ1) is 15.2. The van der Waals surface area contributed by atoms with Crippen LogP contribution in [0.2, 0.25) is 0 Å². The monoisotopic (exact) mass is 265 g/mol. The minimum atomic E-state index is -0.623. The summed E-state index contributed by atoms with van der Waals surface area (Å²) >= 11 is 0. The molecule has 1 aliphatic heterocycles. The van der Waals surface area contributed by atoms with E-state index >= 15 is 0 Å². The SMILES string of the molecule is C=CCONC(CCC)=C1C(=O)C=C(CC)OC1=O. The summed E-state index contributed by atoms with van der Waals surface area (Å²) in [5.74, 6) is -0.574. The number of rotatable bonds is 7. The molecule has 0 spiro atoms. The summed E-state index contributed by atoms with van der Waals surface area (Å²) in [6.45, 7) is 7.56. The normalized spacial score (nSPS) is 17.7. The van der Waals surface area contributed by atoms with E-state index in [1.54, 1.807) is 6.08 Å². The van der Waals surface area contributed by atoms with E-state index in [0.29, 0.717) is 24.3 Å². The van der Waals surface area contributed by atoms with E-state index < -0.39 is 5.97 Å². The van der Waals surface area contributed by atoms with Gasteiger partial charge in [-0.1, -0.05) is 26.3 Å². The Morgan fingerprint density at radius 3 is 2.74 bits per heavy atom. The van der Waals surface area contributed by atoms with Crippen molar-refractivity contribution in [2.75, 3.05) is 6.61 Å². The largest absolute Gasteiger partial charge is 0.427 e. The van der Waals surface area contributed by atoms with Crippen LogP contribution in [0.25, 0.3) is 0 Å². The molecule has 19 heavy (non-hydrogen) atoms. The first-order chi connectivity index (χ1) is 9.13. The molecule has 1 N–H and O–H groups in total. The summed E-state index contributed by atoms with van der Waals surface area (Å²) in [6, 6.07) is 0. The van der Waals surface area contributed by atoms with E-state index in [2.05, 4.69) is 12.1 Å². The lowest BCUT2D eigenvalue weighted by atomic mass is 10.0. The molecule has 0 fully saturated rings. The second-order valence-electron chi connectivity index (χ2n) is 4.02. The van der Waals surface area contributed by atoms with Gasteiger partial charge in [0.2, 0.25) is 0 Å². The highest BCUT2D eigenvalue weighted by Crippen LogP contribution is 2.20. The van der Waals surface area contributed by atoms with Crippen molar-refractivity contribution in [3.05, 3.63) is 35.8 Å². The Morgan fingerprint density at radius 1 is 1.47 bits per heavy atom. The molecule has 0 saturated carbocycles. The molecule has 1 heterocycles. The molecular weight excluding hydrogens is 246 g/mol. The van der Waals surface area contributed by atoms with Crippen molar-refractivity contribution in [1.29, 1.82) is 0 Å². The minimum absolute atomic E-state index is 0.0168. The van der Waals surface area contributed by atoms with Gasteiger partial charge in [-0.2, -0.15) is 0 Å². The summed E-state index contributed by atoms with van der Waals surface area (Å²) in [7, 11) is 0. The van der Waals surface area contributed by atoms with E-state index in [1.165, 1.54) is 6.08 Å². The zero-order valence-electron chi connectivity index (χ0n) is 11.3. The Bertz CT molecular complexity index is 435. The number of allylic oxidation sites excluding steroid dienone is 3. The molecule has 0 saturated heterocycles. The molecule has 0 amide bonds. The maximum atomic E-state index is 12.0. The number of esters is 1. The van der Waals surface area contributed by atoms with Crippen molar-refractivity contribution >= 4 is 11.8 Å². The smallest absolute Gasteiger partial charge is 0.349 e. The molecule has 0 unspecified atom stereocenters. The Labute approximate surface area is 112 Å². The highest BCUT2D eigenvalue weighted by atomic mass is 16.6. The minimum Gasteiger partial charge on any atom is -0.427 e. The summed E-state index contributed by atoms with van der Waals surface area (Å²) in [4.78, 5) is 28.9. The van der Waals surface area contributed by atoms with Gasteiger partial charge in [-0.3, -0.25) is 15.1 Å². The zero-order valence-corrected chi connectivity index (χ0v) is 11.3. The molecule has 0 radical (unpaired) electrons. The second kappa shape index (κ2) is 7.53. The van der Waals surface area contributed by atoms with Gasteiger partial charge in [0.1, 0.15) is 11.3 Å². The van der Waals surface area contributed by atoms with Gasteiger partial charge in [-0.25, -0.2) is 4.79 Å². The summed E-state index contributed by atoms with van der Waals surface area (Å²) in [5, 5.41) is 0. The number of ketones is 1. The van der Waals surface area contributed by atoms with Crippen LogP contribution in [-0.4, -0.2) is 18.4 Å². The molecule has 0 aromatic heterocycles. The third kappa shape index (κ3) is 4.06. The maximum absolute atomic E-state index is 12.0. The zero-order chi connectivity index (χ0) is 14.3. The highest BCUT2D eigenvalue weighted by Gasteiger charge is 2.28. The number of hydrogen-bond donors (Lipinski definition) is 1. The Hall–Kier alpha value is -1.88. The maximum Gasteiger partial charge on any atom is 0.349 e. The van der Waals surface area contributed by atoms with Crippen LogP contribution in [0.1, 0.15) is 33.1 Å². The fourth-order valence-electron chi connectivity index (χ4n) is 1.63. The van der Waals surface area contributed by atoms with E-state index in [9.17, 15) is 9.59 Å². The van der Waals surface area contributed by atoms with Crippen LogP contribution in [0.15, 0.2) is 35.8 Å². The van der Waals surface area contributed by atoms with Crippen molar-refractivity contribution in [2.45, 2.75) is 33.1 Å². The van der Waals surface area contributed by atoms with Crippen molar-refractivity contribution in [3.63, 3.8) is 0 Å². The average molecular weight is 265 g/mol. The molecule has 0 aromatic carbocycles. The Kier molecular flexibility index (Phi) is 6.02. The highest BCUT2D eigenvalue weighted by molar-refractivity contribution is 6.24. The second-order valence-corrected chi connectivity index (χ2v) is 4.02. The lowest BCUT2D eigenvalue weighted by molar-refractivity contribution is -0.138. The Balaban J connectivity index is 2.99. The number of hydrogen-bond acceptors (Lipinski definition) is 5. The molecule has 1 rings (SSSR count). The molecule has 1 aliphatic rings. The third-order valence-corrected chi connectivity index (χ3v) is 2.51. The van der Waals surface area contributed by atoms with Crippen LogP contribution in [0.3, 0.4) is 0 Å². The first-order valence-electron chi connectivity index (χ1n) is 6.32. The van der Waals surface area contributed by atoms with Crippen LogP contribution in [0.5, 0.6) is 0 Å². The topological polar surface area (TPSA) is 64.6 Å². The average Bonchev–Trinajstić information content (AvgIpc) is 2.38. The van der Waals surface area contributed by atoms with Crippen LogP contribution >= 0.6 is 0 Å². The fraction of sp³-hybridized carbons (Fsp3) is 0.429. The number of cyclic esters (lactones) is 1. The van der Waals surface area contributed by atoms with Gasteiger partial charge in [-0.05, 0) is 6.42 Å². The van der Waals surface area contributed by atoms with Crippen LogP contribution < -0.4 is 5.48 Å². The van der Waals surface area contributed by atoms with E-state index in [0.717, 1.165) is 6.42 Å². The van der Waals surface area contributed by atoms with E-state index in [-0.39, 0.29) is 18.0 Å². The molecule has 5 heteroatoms. The van der Waals surface area contributed by atoms with Gasteiger partial charge < -0.3 is 4.74 Å². The van der Waals surface area contributed by atoms with Gasteiger partial charge in [0, 0.05) is 12.5 Å². The van der Waals surface area contributed by atoms with Crippen molar-refractivity contribution < 1.29 is 19.2 Å². The molecule has 0 bridgehead atoms. The summed E-state index contributed by atoms with van der Waals surface area (Å²) in [5.41, 5.74) is 3.11. The first-order valence-corrected chi connectivity index (χ1v) is 6.32. The van der Waals surface area contributed by atoms with E-state index in [4.69, 9.17) is 9.57 Å². The van der Waals surface area contributed by atoms with Gasteiger partial charge in [0.05, 0.1) is 12.3 Å². The molecular formula is C14H19NO4. The van der Waals surface area contributed by atoms with Crippen LogP contribution in [0, 0.1) is 0 Å².